The number of halogens is 1. The van der Waals surface area contributed by atoms with Gasteiger partial charge in [0.05, 0.1) is 24.1 Å². The summed E-state index contributed by atoms with van der Waals surface area (Å²) in [5.41, 5.74) is 6.74. The monoisotopic (exact) mass is 400 g/mol. The first-order valence-electron chi connectivity index (χ1n) is 9.49. The second kappa shape index (κ2) is 8.42. The number of likely N-dealkylation sites (N-methyl/N-ethyl adjacent to an activating group) is 1. The van der Waals surface area contributed by atoms with E-state index in [1.807, 2.05) is 11.8 Å². The first-order chi connectivity index (χ1) is 13.8. The molecule has 1 aromatic heterocycles. The topological polar surface area (TPSA) is 108 Å². The number of aromatic nitrogens is 2. The maximum absolute atomic E-state index is 14.1. The number of amides is 1. The van der Waals surface area contributed by atoms with E-state index in [4.69, 9.17) is 15.9 Å². The number of ether oxygens (including phenoxy) is 1. The third kappa shape index (κ3) is 4.44. The lowest BCUT2D eigenvalue weighted by Gasteiger charge is -2.34. The maximum atomic E-state index is 14.1. The fourth-order valence-corrected chi connectivity index (χ4v) is 3.16. The van der Waals surface area contributed by atoms with Crippen LogP contribution in [-0.2, 0) is 4.79 Å². The molecule has 3 N–H and O–H groups in total. The molecular weight excluding hydrogens is 375 g/mol. The van der Waals surface area contributed by atoms with Gasteiger partial charge >= 0.3 is 0 Å². The number of anilines is 2. The first-order valence-corrected chi connectivity index (χ1v) is 9.49. The molecule has 0 spiro atoms. The first kappa shape index (κ1) is 20.5. The molecule has 1 fully saturated rings. The van der Waals surface area contributed by atoms with Crippen LogP contribution in [0.25, 0.3) is 0 Å². The predicted octanol–water partition coefficient (Wildman–Crippen LogP) is 2.07. The van der Waals surface area contributed by atoms with Gasteiger partial charge in [-0.1, -0.05) is 0 Å². The van der Waals surface area contributed by atoms with E-state index in [-0.39, 0.29) is 35.7 Å². The fourth-order valence-electron chi connectivity index (χ4n) is 3.16. The van der Waals surface area contributed by atoms with Gasteiger partial charge in [-0.15, -0.1) is 0 Å². The van der Waals surface area contributed by atoms with E-state index < -0.39 is 5.82 Å². The molecule has 2 aromatic rings. The van der Waals surface area contributed by atoms with Crippen molar-refractivity contribution in [2.24, 2.45) is 0 Å². The molecule has 154 valence electrons. The molecule has 0 aliphatic carbocycles. The number of carbonyl (C=O) groups is 1. The summed E-state index contributed by atoms with van der Waals surface area (Å²) in [6.45, 7) is 7.69. The molecule has 1 saturated heterocycles. The van der Waals surface area contributed by atoms with E-state index in [0.717, 1.165) is 6.07 Å². The lowest BCUT2D eigenvalue weighted by molar-refractivity contribution is -0.130. The zero-order valence-electron chi connectivity index (χ0n) is 16.8. The molecule has 1 aliphatic heterocycles. The average Bonchev–Trinajstić information content (AvgIpc) is 2.69. The number of hydrogen-bond donors (Lipinski definition) is 2. The minimum absolute atomic E-state index is 0.0262. The number of nitrogens with one attached hydrogen (secondary N) is 1. The van der Waals surface area contributed by atoms with Gasteiger partial charge in [0.2, 0.25) is 5.91 Å². The van der Waals surface area contributed by atoms with Crippen molar-refractivity contribution in [1.82, 2.24) is 14.9 Å². The van der Waals surface area contributed by atoms with Gasteiger partial charge < -0.3 is 20.3 Å². The molecular formula is C20H25FN6O2. The molecule has 0 saturated carbocycles. The van der Waals surface area contributed by atoms with Gasteiger partial charge in [0.1, 0.15) is 12.1 Å². The lowest BCUT2D eigenvalue weighted by atomic mass is 10.0. The summed E-state index contributed by atoms with van der Waals surface area (Å²) < 4.78 is 19.6. The number of rotatable bonds is 6. The van der Waals surface area contributed by atoms with Crippen LogP contribution in [0.3, 0.4) is 0 Å². The van der Waals surface area contributed by atoms with Crippen molar-refractivity contribution >= 4 is 23.1 Å². The van der Waals surface area contributed by atoms with E-state index >= 15 is 0 Å². The molecule has 0 radical (unpaired) electrons. The Balaban J connectivity index is 1.88. The molecule has 29 heavy (non-hydrogen) atoms. The molecule has 0 unspecified atom stereocenters. The van der Waals surface area contributed by atoms with Gasteiger partial charge in [-0.2, -0.15) is 0 Å². The molecule has 0 atom stereocenters. The van der Waals surface area contributed by atoms with E-state index in [0.29, 0.717) is 36.7 Å². The van der Waals surface area contributed by atoms with Crippen LogP contribution in [0.15, 0.2) is 24.5 Å². The summed E-state index contributed by atoms with van der Waals surface area (Å²) in [4.78, 5) is 24.2. The van der Waals surface area contributed by atoms with Gasteiger partial charge in [-0.25, -0.2) is 14.4 Å². The molecule has 3 rings (SSSR count). The fraction of sp³-hybridized carbons (Fsp3) is 0.400. The summed E-state index contributed by atoms with van der Waals surface area (Å²) >= 11 is 0. The van der Waals surface area contributed by atoms with Gasteiger partial charge in [-0.3, -0.25) is 10.2 Å². The van der Waals surface area contributed by atoms with E-state index in [2.05, 4.69) is 9.97 Å². The molecule has 2 heterocycles. The van der Waals surface area contributed by atoms with E-state index in [1.54, 1.807) is 24.8 Å². The number of hydrogen-bond acceptors (Lipinski definition) is 7. The number of nitrogens with zero attached hydrogens (tertiary/aromatic N) is 4. The highest BCUT2D eigenvalue weighted by atomic mass is 19.1. The smallest absolute Gasteiger partial charge is 0.242 e. The predicted molar refractivity (Wildman–Crippen MR) is 109 cm³/mol. The Kier molecular flexibility index (Phi) is 5.95. The Morgan fingerprint density at radius 1 is 1.31 bits per heavy atom. The highest BCUT2D eigenvalue weighted by Gasteiger charge is 2.24. The van der Waals surface area contributed by atoms with Crippen molar-refractivity contribution < 1.29 is 13.9 Å². The number of piperazine rings is 1. The molecule has 1 aromatic carbocycles. The van der Waals surface area contributed by atoms with Crippen molar-refractivity contribution in [2.75, 3.05) is 36.8 Å². The van der Waals surface area contributed by atoms with E-state index in [1.165, 1.54) is 12.4 Å². The van der Waals surface area contributed by atoms with Crippen LogP contribution in [-0.4, -0.2) is 58.8 Å². The molecule has 8 nitrogen and oxygen atoms in total. The standard InChI is InChI=1S/C20H25FN6O2/c1-4-26-5-6-27(10-19(26)28)18-9-16(24-11-25-18)20(23)13-7-17(29-12(2)3)14(21)8-15(13)22/h7-9,11-12,23H,4-6,10,22H2,1-3H3. The molecule has 1 aliphatic rings. The Labute approximate surface area is 169 Å². The van der Waals surface area contributed by atoms with Crippen LogP contribution >= 0.6 is 0 Å². The molecule has 0 bridgehead atoms. The SMILES string of the molecule is CCN1CCN(c2cc(C(=N)c3cc(OC(C)C)c(F)cc3N)ncn2)CC1=O. The van der Waals surface area contributed by atoms with Crippen LogP contribution in [0, 0.1) is 11.2 Å². The van der Waals surface area contributed by atoms with E-state index in [9.17, 15) is 9.18 Å². The maximum Gasteiger partial charge on any atom is 0.242 e. The van der Waals surface area contributed by atoms with Crippen LogP contribution in [0.1, 0.15) is 32.0 Å². The number of nitrogens with two attached hydrogens (primary N) is 1. The lowest BCUT2D eigenvalue weighted by Crippen LogP contribution is -2.50. The van der Waals surface area contributed by atoms with Gasteiger partial charge in [0, 0.05) is 43.0 Å². The van der Waals surface area contributed by atoms with Crippen LogP contribution in [0.5, 0.6) is 5.75 Å². The largest absolute Gasteiger partial charge is 0.488 e. The van der Waals surface area contributed by atoms with Gasteiger partial charge in [-0.05, 0) is 26.8 Å². The molecule has 9 heteroatoms. The Morgan fingerprint density at radius 3 is 2.72 bits per heavy atom. The van der Waals surface area contributed by atoms with Crippen LogP contribution in [0.4, 0.5) is 15.9 Å². The van der Waals surface area contributed by atoms with Gasteiger partial charge in [0.25, 0.3) is 0 Å². The zero-order chi connectivity index (χ0) is 21.1. The second-order valence-corrected chi connectivity index (χ2v) is 7.07. The highest BCUT2D eigenvalue weighted by Crippen LogP contribution is 2.27. The quantitative estimate of drug-likeness (QED) is 0.568. The third-order valence-electron chi connectivity index (χ3n) is 4.67. The minimum Gasteiger partial charge on any atom is -0.488 e. The van der Waals surface area contributed by atoms with Gasteiger partial charge in [0.15, 0.2) is 11.6 Å². The van der Waals surface area contributed by atoms with Crippen molar-refractivity contribution in [3.63, 3.8) is 0 Å². The normalized spacial score (nSPS) is 14.4. The van der Waals surface area contributed by atoms with Crippen LogP contribution < -0.4 is 15.4 Å². The number of carbonyl (C=O) groups excluding carboxylic acids is 1. The van der Waals surface area contributed by atoms with Crippen molar-refractivity contribution in [1.29, 1.82) is 5.41 Å². The van der Waals surface area contributed by atoms with Crippen molar-refractivity contribution in [3.8, 4) is 5.75 Å². The summed E-state index contributed by atoms with van der Waals surface area (Å²) in [7, 11) is 0. The Morgan fingerprint density at radius 2 is 2.07 bits per heavy atom. The molecule has 1 amide bonds. The van der Waals surface area contributed by atoms with Crippen LogP contribution in [0.2, 0.25) is 0 Å². The highest BCUT2D eigenvalue weighted by molar-refractivity contribution is 6.13. The summed E-state index contributed by atoms with van der Waals surface area (Å²) in [6, 6.07) is 4.20. The zero-order valence-corrected chi connectivity index (χ0v) is 16.8. The average molecular weight is 400 g/mol. The Bertz CT molecular complexity index is 933. The Hall–Kier alpha value is -3.23. The number of nitrogen functional groups attached to an aromatic ring is 1. The summed E-state index contributed by atoms with van der Waals surface area (Å²) in [5, 5.41) is 8.53. The summed E-state index contributed by atoms with van der Waals surface area (Å²) in [5.74, 6) is 0.0448. The van der Waals surface area contributed by atoms with Crippen molar-refractivity contribution in [2.45, 2.75) is 26.9 Å². The second-order valence-electron chi connectivity index (χ2n) is 7.07. The van der Waals surface area contributed by atoms with Crippen molar-refractivity contribution in [3.05, 3.63) is 41.6 Å². The summed E-state index contributed by atoms with van der Waals surface area (Å²) in [6.07, 6.45) is 1.13. The third-order valence-corrected chi connectivity index (χ3v) is 4.67. The number of benzene rings is 1. The minimum atomic E-state index is -0.580.